The van der Waals surface area contributed by atoms with Crippen LogP contribution in [0, 0.1) is 0 Å². The Morgan fingerprint density at radius 3 is 2.85 bits per heavy atom. The van der Waals surface area contributed by atoms with Gasteiger partial charge in [0.15, 0.2) is 5.65 Å². The molecule has 0 spiro atoms. The molecule has 0 radical (unpaired) electrons. The minimum absolute atomic E-state index is 0.180. The summed E-state index contributed by atoms with van der Waals surface area (Å²) in [7, 11) is 1.67. The van der Waals surface area contributed by atoms with E-state index in [9.17, 15) is 4.79 Å². The van der Waals surface area contributed by atoms with Gasteiger partial charge in [-0.25, -0.2) is 4.68 Å². The summed E-state index contributed by atoms with van der Waals surface area (Å²) < 4.78 is 7.02. The van der Waals surface area contributed by atoms with E-state index in [1.54, 1.807) is 18.0 Å². The molecule has 1 aromatic carbocycles. The Morgan fingerprint density at radius 2 is 2.12 bits per heavy atom. The molecule has 0 aliphatic rings. The van der Waals surface area contributed by atoms with Gasteiger partial charge in [0, 0.05) is 6.54 Å². The number of hydrogen-bond donors (Lipinski definition) is 2. The van der Waals surface area contributed by atoms with Crippen molar-refractivity contribution in [3.63, 3.8) is 0 Å². The average Bonchev–Trinajstić information content (AvgIpc) is 3.04. The van der Waals surface area contributed by atoms with Gasteiger partial charge in [0.05, 0.1) is 18.8 Å². The average molecular weight is 355 g/mol. The van der Waals surface area contributed by atoms with Crippen molar-refractivity contribution < 1.29 is 4.74 Å². The zero-order valence-electron chi connectivity index (χ0n) is 15.7. The molecule has 0 aliphatic carbocycles. The zero-order valence-corrected chi connectivity index (χ0v) is 15.7. The summed E-state index contributed by atoms with van der Waals surface area (Å²) in [6.07, 6.45) is 3.39. The van der Waals surface area contributed by atoms with Gasteiger partial charge in [0.2, 0.25) is 5.95 Å². The van der Waals surface area contributed by atoms with E-state index in [-0.39, 0.29) is 11.1 Å². The largest absolute Gasteiger partial charge is 0.497 e. The monoisotopic (exact) mass is 355 g/mol. The maximum absolute atomic E-state index is 12.3. The molecule has 0 aliphatic heterocycles. The quantitative estimate of drug-likeness (QED) is 0.664. The fourth-order valence-corrected chi connectivity index (χ4v) is 2.82. The van der Waals surface area contributed by atoms with Crippen molar-refractivity contribution in [1.82, 2.24) is 19.7 Å². The van der Waals surface area contributed by atoms with Crippen LogP contribution >= 0.6 is 0 Å². The number of H-pyrrole nitrogens is 1. The number of ether oxygens (including phenoxy) is 1. The highest BCUT2D eigenvalue weighted by Crippen LogP contribution is 2.19. The Bertz CT molecular complexity index is 952. The summed E-state index contributed by atoms with van der Waals surface area (Å²) in [6, 6.07) is 8.04. The molecular weight excluding hydrogens is 330 g/mol. The second kappa shape index (κ2) is 7.19. The van der Waals surface area contributed by atoms with Crippen LogP contribution in [0.3, 0.4) is 0 Å². The van der Waals surface area contributed by atoms with Crippen LogP contribution in [0.5, 0.6) is 5.75 Å². The second-order valence-corrected chi connectivity index (χ2v) is 7.26. The molecule has 0 atom stereocenters. The normalized spacial score (nSPS) is 11.7. The topological polar surface area (TPSA) is 84.8 Å². The first-order valence-corrected chi connectivity index (χ1v) is 8.74. The van der Waals surface area contributed by atoms with Gasteiger partial charge >= 0.3 is 0 Å². The number of nitrogens with zero attached hydrogens (tertiary/aromatic N) is 3. The van der Waals surface area contributed by atoms with Crippen molar-refractivity contribution in [2.75, 3.05) is 19.0 Å². The molecule has 0 unspecified atom stereocenters. The van der Waals surface area contributed by atoms with Gasteiger partial charge < -0.3 is 10.1 Å². The van der Waals surface area contributed by atoms with E-state index in [4.69, 9.17) is 4.74 Å². The summed E-state index contributed by atoms with van der Waals surface area (Å²) in [5.74, 6) is 1.33. The van der Waals surface area contributed by atoms with Crippen LogP contribution in [0.2, 0.25) is 0 Å². The van der Waals surface area contributed by atoms with E-state index < -0.39 is 0 Å². The van der Waals surface area contributed by atoms with E-state index in [0.717, 1.165) is 18.6 Å². The van der Waals surface area contributed by atoms with Crippen LogP contribution < -0.4 is 15.6 Å². The van der Waals surface area contributed by atoms with Crippen LogP contribution in [0.25, 0.3) is 11.0 Å². The van der Waals surface area contributed by atoms with Gasteiger partial charge in [0.1, 0.15) is 11.1 Å². The van der Waals surface area contributed by atoms with E-state index in [0.29, 0.717) is 23.5 Å². The molecule has 2 heterocycles. The molecular formula is C19H25N5O2. The van der Waals surface area contributed by atoms with Gasteiger partial charge in [0.25, 0.3) is 5.56 Å². The lowest BCUT2D eigenvalue weighted by molar-refractivity contribution is 0.366. The molecule has 3 aromatic rings. The van der Waals surface area contributed by atoms with E-state index in [1.165, 1.54) is 5.56 Å². The third-order valence-corrected chi connectivity index (χ3v) is 4.14. The molecule has 26 heavy (non-hydrogen) atoms. The Kier molecular flexibility index (Phi) is 4.97. The van der Waals surface area contributed by atoms with Crippen molar-refractivity contribution in [2.45, 2.75) is 39.2 Å². The van der Waals surface area contributed by atoms with Gasteiger partial charge in [-0.1, -0.05) is 12.1 Å². The van der Waals surface area contributed by atoms with E-state index >= 15 is 0 Å². The summed E-state index contributed by atoms with van der Waals surface area (Å²) in [5, 5.41) is 8.02. The third-order valence-electron chi connectivity index (χ3n) is 4.14. The fraction of sp³-hybridized carbons (Fsp3) is 0.421. The number of hydrogen-bond acceptors (Lipinski definition) is 5. The van der Waals surface area contributed by atoms with Crippen LogP contribution in [-0.2, 0) is 12.0 Å². The number of benzene rings is 1. The maximum Gasteiger partial charge on any atom is 0.263 e. The molecule has 0 fully saturated rings. The standard InChI is InChI=1S/C19H25N5O2/c1-19(2,3)24-16-15(12-21-24)17(25)23-18(22-16)20-10-6-8-13-7-5-9-14(11-13)26-4/h5,7,9,11-12H,6,8,10H2,1-4H3,(H2,20,22,23,25). The van der Waals surface area contributed by atoms with E-state index in [1.807, 2.05) is 39.0 Å². The SMILES string of the molecule is COc1cccc(CCCNc2nc3c(cnn3C(C)(C)C)c(=O)[nH]2)c1. The molecule has 138 valence electrons. The van der Waals surface area contributed by atoms with Crippen molar-refractivity contribution >= 4 is 17.0 Å². The first-order chi connectivity index (χ1) is 12.4. The summed E-state index contributed by atoms with van der Waals surface area (Å²) >= 11 is 0. The lowest BCUT2D eigenvalue weighted by Gasteiger charge is -2.19. The van der Waals surface area contributed by atoms with Crippen LogP contribution in [0.4, 0.5) is 5.95 Å². The number of methoxy groups -OCH3 is 1. The Morgan fingerprint density at radius 1 is 1.31 bits per heavy atom. The number of aromatic amines is 1. The second-order valence-electron chi connectivity index (χ2n) is 7.26. The number of rotatable bonds is 6. The number of aryl methyl sites for hydroxylation is 1. The van der Waals surface area contributed by atoms with Crippen molar-refractivity contribution in [1.29, 1.82) is 0 Å². The lowest BCUT2D eigenvalue weighted by atomic mass is 10.1. The smallest absolute Gasteiger partial charge is 0.263 e. The summed E-state index contributed by atoms with van der Waals surface area (Å²) in [6.45, 7) is 6.80. The molecule has 2 aromatic heterocycles. The van der Waals surface area contributed by atoms with Crippen LogP contribution in [-0.4, -0.2) is 33.4 Å². The molecule has 0 saturated heterocycles. The van der Waals surface area contributed by atoms with Gasteiger partial charge in [-0.15, -0.1) is 0 Å². The predicted molar refractivity (Wildman–Crippen MR) is 103 cm³/mol. The zero-order chi connectivity index (χ0) is 18.7. The molecule has 3 rings (SSSR count). The van der Waals surface area contributed by atoms with Crippen LogP contribution in [0.15, 0.2) is 35.3 Å². The molecule has 0 amide bonds. The fourth-order valence-electron chi connectivity index (χ4n) is 2.82. The highest BCUT2D eigenvalue weighted by atomic mass is 16.5. The van der Waals surface area contributed by atoms with Gasteiger partial charge in [-0.3, -0.25) is 9.78 Å². The highest BCUT2D eigenvalue weighted by molar-refractivity contribution is 5.74. The third kappa shape index (κ3) is 3.87. The van der Waals surface area contributed by atoms with Gasteiger partial charge in [-0.2, -0.15) is 10.1 Å². The van der Waals surface area contributed by atoms with Crippen LogP contribution in [0.1, 0.15) is 32.8 Å². The van der Waals surface area contributed by atoms with Gasteiger partial charge in [-0.05, 0) is 51.3 Å². The maximum atomic E-state index is 12.3. The number of anilines is 1. The Balaban J connectivity index is 1.68. The number of fused-ring (bicyclic) bond motifs is 1. The Labute approximate surface area is 152 Å². The minimum atomic E-state index is -0.244. The number of aromatic nitrogens is 4. The highest BCUT2D eigenvalue weighted by Gasteiger charge is 2.19. The molecule has 2 N–H and O–H groups in total. The lowest BCUT2D eigenvalue weighted by Crippen LogP contribution is -2.24. The molecule has 7 nitrogen and oxygen atoms in total. The minimum Gasteiger partial charge on any atom is -0.497 e. The first-order valence-electron chi connectivity index (χ1n) is 8.74. The van der Waals surface area contributed by atoms with E-state index in [2.05, 4.69) is 26.4 Å². The predicted octanol–water partition coefficient (Wildman–Crippen LogP) is 2.93. The number of nitrogens with one attached hydrogen (secondary N) is 2. The Hall–Kier alpha value is -2.83. The summed E-state index contributed by atoms with van der Waals surface area (Å²) in [5.41, 5.74) is 1.39. The van der Waals surface area contributed by atoms with Crippen molar-refractivity contribution in [3.05, 3.63) is 46.4 Å². The first kappa shape index (κ1) is 18.0. The van der Waals surface area contributed by atoms with Crippen molar-refractivity contribution in [3.8, 4) is 5.75 Å². The summed E-state index contributed by atoms with van der Waals surface area (Å²) in [4.78, 5) is 19.6. The molecule has 7 heteroatoms. The van der Waals surface area contributed by atoms with Crippen molar-refractivity contribution in [2.24, 2.45) is 0 Å². The molecule has 0 saturated carbocycles. The molecule has 0 bridgehead atoms.